The average Bonchev–Trinajstić information content (AvgIpc) is 3.01. The van der Waals surface area contributed by atoms with E-state index in [1.807, 2.05) is 27.7 Å². The van der Waals surface area contributed by atoms with Gasteiger partial charge in [0.05, 0.1) is 11.3 Å². The van der Waals surface area contributed by atoms with Gasteiger partial charge in [0, 0.05) is 30.6 Å². The number of rotatable bonds is 6. The van der Waals surface area contributed by atoms with Crippen molar-refractivity contribution in [3.8, 4) is 0 Å². The minimum atomic E-state index is -4.55. The number of halogens is 3. The van der Waals surface area contributed by atoms with E-state index in [4.69, 9.17) is 0 Å². The number of amides is 2. The second-order valence-corrected chi connectivity index (χ2v) is 8.14. The number of aryl methyl sites for hydroxylation is 1. The van der Waals surface area contributed by atoms with Crippen LogP contribution in [0.2, 0.25) is 0 Å². The molecular weight excluding hydrogens is 397 g/mol. The maximum Gasteiger partial charge on any atom is 0.416 e. The van der Waals surface area contributed by atoms with Gasteiger partial charge in [-0.2, -0.15) is 18.3 Å². The lowest BCUT2D eigenvalue weighted by Crippen LogP contribution is -2.38. The topological polar surface area (TPSA) is 67.2 Å². The number of carbonyl (C=O) groups is 2. The smallest absolute Gasteiger partial charge is 0.329 e. The van der Waals surface area contributed by atoms with Crippen LogP contribution in [0.3, 0.4) is 0 Å². The molecule has 2 aromatic rings. The number of nitrogens with one attached hydrogen (secondary N) is 1. The first kappa shape index (κ1) is 23.4. The summed E-state index contributed by atoms with van der Waals surface area (Å²) in [5.41, 5.74) is -0.416. The minimum Gasteiger partial charge on any atom is -0.329 e. The SMILES string of the molecule is CCCN(CC(=O)Nc1cc(C(C)(C)C)nn1C)C(=O)c1cccc(C(F)(F)F)c1. The fraction of sp³-hybridized carbons (Fsp3) is 0.476. The van der Waals surface area contributed by atoms with Crippen molar-refractivity contribution in [2.24, 2.45) is 7.05 Å². The lowest BCUT2D eigenvalue weighted by atomic mass is 9.92. The molecule has 164 valence electrons. The molecule has 1 aromatic carbocycles. The summed E-state index contributed by atoms with van der Waals surface area (Å²) >= 11 is 0. The van der Waals surface area contributed by atoms with Crippen LogP contribution in [-0.2, 0) is 23.4 Å². The molecule has 9 heteroatoms. The molecule has 0 aliphatic rings. The normalized spacial score (nSPS) is 12.0. The Morgan fingerprint density at radius 2 is 1.83 bits per heavy atom. The number of nitrogens with zero attached hydrogens (tertiary/aromatic N) is 3. The Hall–Kier alpha value is -2.84. The average molecular weight is 424 g/mol. The van der Waals surface area contributed by atoms with E-state index in [2.05, 4.69) is 10.4 Å². The number of alkyl halides is 3. The second-order valence-electron chi connectivity index (χ2n) is 8.14. The monoisotopic (exact) mass is 424 g/mol. The molecule has 0 bridgehead atoms. The summed E-state index contributed by atoms with van der Waals surface area (Å²) in [7, 11) is 1.70. The van der Waals surface area contributed by atoms with Crippen LogP contribution < -0.4 is 5.32 Å². The number of carbonyl (C=O) groups excluding carboxylic acids is 2. The van der Waals surface area contributed by atoms with Gasteiger partial charge in [0.1, 0.15) is 12.4 Å². The highest BCUT2D eigenvalue weighted by Crippen LogP contribution is 2.30. The second kappa shape index (κ2) is 8.89. The molecule has 1 N–H and O–H groups in total. The molecule has 0 saturated carbocycles. The number of hydrogen-bond donors (Lipinski definition) is 1. The first-order chi connectivity index (χ1) is 13.8. The van der Waals surface area contributed by atoms with Crippen molar-refractivity contribution >= 4 is 17.6 Å². The maximum atomic E-state index is 13.0. The quantitative estimate of drug-likeness (QED) is 0.755. The van der Waals surface area contributed by atoms with E-state index in [9.17, 15) is 22.8 Å². The van der Waals surface area contributed by atoms with Crippen LogP contribution in [0.5, 0.6) is 0 Å². The Kier molecular flexibility index (Phi) is 6.95. The highest BCUT2D eigenvalue weighted by Gasteiger charge is 2.31. The summed E-state index contributed by atoms with van der Waals surface area (Å²) in [6.07, 6.45) is -3.99. The van der Waals surface area contributed by atoms with Crippen molar-refractivity contribution in [2.75, 3.05) is 18.4 Å². The summed E-state index contributed by atoms with van der Waals surface area (Å²) in [5, 5.41) is 7.10. The van der Waals surface area contributed by atoms with E-state index in [0.29, 0.717) is 12.2 Å². The molecule has 0 spiro atoms. The number of benzene rings is 1. The molecule has 0 aliphatic carbocycles. The Morgan fingerprint density at radius 1 is 1.17 bits per heavy atom. The zero-order valence-electron chi connectivity index (χ0n) is 17.8. The van der Waals surface area contributed by atoms with Crippen molar-refractivity contribution in [2.45, 2.75) is 45.7 Å². The molecule has 6 nitrogen and oxygen atoms in total. The zero-order valence-corrected chi connectivity index (χ0v) is 17.8. The third kappa shape index (κ3) is 5.84. The molecule has 0 fully saturated rings. The Bertz CT molecular complexity index is 914. The first-order valence-corrected chi connectivity index (χ1v) is 9.64. The molecule has 0 radical (unpaired) electrons. The van der Waals surface area contributed by atoms with Crippen LogP contribution >= 0.6 is 0 Å². The van der Waals surface area contributed by atoms with E-state index >= 15 is 0 Å². The lowest BCUT2D eigenvalue weighted by molar-refractivity contribution is -0.137. The lowest BCUT2D eigenvalue weighted by Gasteiger charge is -2.22. The summed E-state index contributed by atoms with van der Waals surface area (Å²) in [4.78, 5) is 26.6. The number of hydrogen-bond acceptors (Lipinski definition) is 3. The first-order valence-electron chi connectivity index (χ1n) is 9.64. The van der Waals surface area contributed by atoms with Crippen LogP contribution in [0, 0.1) is 0 Å². The van der Waals surface area contributed by atoms with E-state index in [-0.39, 0.29) is 24.1 Å². The largest absolute Gasteiger partial charge is 0.416 e. The van der Waals surface area contributed by atoms with Crippen LogP contribution in [-0.4, -0.2) is 39.6 Å². The molecule has 0 unspecified atom stereocenters. The molecule has 0 aliphatic heterocycles. The highest BCUT2D eigenvalue weighted by molar-refractivity contribution is 5.99. The summed E-state index contributed by atoms with van der Waals surface area (Å²) in [6, 6.07) is 5.97. The van der Waals surface area contributed by atoms with E-state index < -0.39 is 23.6 Å². The van der Waals surface area contributed by atoms with Crippen LogP contribution in [0.4, 0.5) is 19.0 Å². The van der Waals surface area contributed by atoms with Gasteiger partial charge >= 0.3 is 6.18 Å². The molecular formula is C21H27F3N4O2. The predicted molar refractivity (Wildman–Crippen MR) is 108 cm³/mol. The van der Waals surface area contributed by atoms with Gasteiger partial charge < -0.3 is 10.2 Å². The summed E-state index contributed by atoms with van der Waals surface area (Å²) in [5.74, 6) is -0.599. The molecule has 2 rings (SSSR count). The summed E-state index contributed by atoms with van der Waals surface area (Å²) in [6.45, 7) is 7.77. The van der Waals surface area contributed by atoms with Gasteiger partial charge in [0.15, 0.2) is 0 Å². The zero-order chi connectivity index (χ0) is 22.7. The standard InChI is InChI=1S/C21H27F3N4O2/c1-6-10-28(19(30)14-8-7-9-15(11-14)21(22,23)24)13-18(29)25-17-12-16(20(2,3)4)26-27(17)5/h7-9,11-12H,6,10,13H2,1-5H3,(H,25,29). The third-order valence-electron chi connectivity index (χ3n) is 4.47. The van der Waals surface area contributed by atoms with Gasteiger partial charge in [-0.3, -0.25) is 14.3 Å². The van der Waals surface area contributed by atoms with Gasteiger partial charge in [-0.15, -0.1) is 0 Å². The van der Waals surface area contributed by atoms with Crippen molar-refractivity contribution in [3.05, 3.63) is 47.2 Å². The molecule has 1 heterocycles. The van der Waals surface area contributed by atoms with Crippen molar-refractivity contribution in [1.29, 1.82) is 0 Å². The number of aromatic nitrogens is 2. The van der Waals surface area contributed by atoms with Gasteiger partial charge in [0.25, 0.3) is 5.91 Å². The van der Waals surface area contributed by atoms with Crippen molar-refractivity contribution in [1.82, 2.24) is 14.7 Å². The Morgan fingerprint density at radius 3 is 2.37 bits per heavy atom. The third-order valence-corrected chi connectivity index (χ3v) is 4.47. The van der Waals surface area contributed by atoms with E-state index in [0.717, 1.165) is 17.8 Å². The number of anilines is 1. The van der Waals surface area contributed by atoms with Crippen LogP contribution in [0.15, 0.2) is 30.3 Å². The molecule has 1 aromatic heterocycles. The van der Waals surface area contributed by atoms with Crippen LogP contribution in [0.1, 0.15) is 55.7 Å². The molecule has 30 heavy (non-hydrogen) atoms. The van der Waals surface area contributed by atoms with Crippen LogP contribution in [0.25, 0.3) is 0 Å². The fourth-order valence-electron chi connectivity index (χ4n) is 2.84. The van der Waals surface area contributed by atoms with E-state index in [1.54, 1.807) is 13.1 Å². The van der Waals surface area contributed by atoms with Gasteiger partial charge in [0.2, 0.25) is 5.91 Å². The van der Waals surface area contributed by atoms with Crippen molar-refractivity contribution in [3.63, 3.8) is 0 Å². The highest BCUT2D eigenvalue weighted by atomic mass is 19.4. The van der Waals surface area contributed by atoms with Gasteiger partial charge in [-0.1, -0.05) is 33.8 Å². The van der Waals surface area contributed by atoms with E-state index in [1.165, 1.54) is 21.7 Å². The van der Waals surface area contributed by atoms with Gasteiger partial charge in [-0.05, 0) is 24.6 Å². The predicted octanol–water partition coefficient (Wildman–Crippen LogP) is 4.23. The Balaban J connectivity index is 2.16. The molecule has 2 amide bonds. The van der Waals surface area contributed by atoms with Gasteiger partial charge in [-0.25, -0.2) is 0 Å². The fourth-order valence-corrected chi connectivity index (χ4v) is 2.84. The molecule has 0 atom stereocenters. The van der Waals surface area contributed by atoms with Crippen molar-refractivity contribution < 1.29 is 22.8 Å². The Labute approximate surface area is 174 Å². The minimum absolute atomic E-state index is 0.110. The summed E-state index contributed by atoms with van der Waals surface area (Å²) < 4.78 is 40.4. The maximum absolute atomic E-state index is 13.0. The molecule has 0 saturated heterocycles.